The third kappa shape index (κ3) is 4.06. The van der Waals surface area contributed by atoms with E-state index in [-0.39, 0.29) is 28.1 Å². The maximum atomic E-state index is 13.9. The molecule has 4 aromatic rings. The van der Waals surface area contributed by atoms with Crippen LogP contribution in [0, 0.1) is 10.8 Å². The van der Waals surface area contributed by atoms with E-state index in [2.05, 4.69) is 59.6 Å². The summed E-state index contributed by atoms with van der Waals surface area (Å²) in [6.45, 7) is 8.39. The highest BCUT2D eigenvalue weighted by Crippen LogP contribution is 2.49. The lowest BCUT2D eigenvalue weighted by Crippen LogP contribution is -2.32. The lowest BCUT2D eigenvalue weighted by molar-refractivity contribution is 0.0888. The zero-order valence-electron chi connectivity index (χ0n) is 21.8. The first kappa shape index (κ1) is 25.5. The highest BCUT2D eigenvalue weighted by atomic mass is 79.9. The molecule has 0 bridgehead atoms. The van der Waals surface area contributed by atoms with Crippen LogP contribution in [0.25, 0.3) is 27.9 Å². The van der Waals surface area contributed by atoms with Crippen molar-refractivity contribution in [3.8, 4) is 28.1 Å². The Labute approximate surface area is 238 Å². The van der Waals surface area contributed by atoms with Gasteiger partial charge in [-0.2, -0.15) is 0 Å². The Balaban J connectivity index is 1.86. The molecule has 0 spiro atoms. The zero-order valence-corrected chi connectivity index (χ0v) is 25.0. The van der Waals surface area contributed by atoms with Crippen LogP contribution >= 0.6 is 31.9 Å². The number of Topliss-reactive ketones (excluding diaryl/α,β-unsaturated/α-hetero) is 2. The van der Waals surface area contributed by atoms with Crippen LogP contribution in [0.5, 0.6) is 5.75 Å². The quantitative estimate of drug-likeness (QED) is 0.241. The van der Waals surface area contributed by atoms with Gasteiger partial charge in [-0.05, 0) is 54.0 Å². The van der Waals surface area contributed by atoms with Crippen molar-refractivity contribution >= 4 is 48.9 Å². The Hall–Kier alpha value is -2.77. The zero-order chi connectivity index (χ0) is 27.1. The predicted molar refractivity (Wildman–Crippen MR) is 156 cm³/mol. The van der Waals surface area contributed by atoms with Gasteiger partial charge in [0.05, 0.1) is 16.9 Å². The Morgan fingerprint density at radius 2 is 1.45 bits per heavy atom. The van der Waals surface area contributed by atoms with Gasteiger partial charge in [0, 0.05) is 49.7 Å². The number of fused-ring (bicyclic) bond motifs is 5. The topological polar surface area (TPSA) is 71.7 Å². The van der Waals surface area contributed by atoms with Crippen molar-refractivity contribution in [1.82, 2.24) is 9.38 Å². The van der Waals surface area contributed by atoms with Gasteiger partial charge in [-0.15, -0.1) is 0 Å². The molecular weight excluding hydrogens is 608 g/mol. The summed E-state index contributed by atoms with van der Waals surface area (Å²) in [6.07, 6.45) is 2.10. The minimum absolute atomic E-state index is 0.0217. The van der Waals surface area contributed by atoms with Crippen LogP contribution < -0.4 is 0 Å². The molecule has 7 heteroatoms. The number of aromatic hydroxyl groups is 1. The number of nitrogens with zero attached hydrogens (tertiary/aromatic N) is 2. The molecule has 0 atom stereocenters. The fourth-order valence-corrected chi connectivity index (χ4v) is 6.82. The maximum Gasteiger partial charge on any atom is 0.182 e. The predicted octanol–water partition coefficient (Wildman–Crippen LogP) is 8.21. The fraction of sp³-hybridized carbons (Fsp3) is 0.323. The molecule has 0 aliphatic heterocycles. The largest absolute Gasteiger partial charge is 0.507 e. The van der Waals surface area contributed by atoms with E-state index in [0.29, 0.717) is 59.3 Å². The van der Waals surface area contributed by atoms with Crippen LogP contribution in [0.15, 0.2) is 51.4 Å². The number of hydrogen-bond donors (Lipinski definition) is 1. The summed E-state index contributed by atoms with van der Waals surface area (Å²) in [5.74, 6) is 0.135. The molecule has 1 N–H and O–H groups in total. The third-order valence-corrected chi connectivity index (χ3v) is 8.72. The minimum atomic E-state index is -0.264. The van der Waals surface area contributed by atoms with Crippen LogP contribution in [0.3, 0.4) is 0 Å². The Kier molecular flexibility index (Phi) is 5.78. The molecular formula is C31H28Br2N2O3. The molecule has 0 saturated carbocycles. The average Bonchev–Trinajstić information content (AvgIpc) is 3.13. The monoisotopic (exact) mass is 634 g/mol. The smallest absolute Gasteiger partial charge is 0.182 e. The highest BCUT2D eigenvalue weighted by Gasteiger charge is 2.42. The number of carbonyl (C=O) groups excluding carboxylic acids is 2. The Morgan fingerprint density at radius 3 is 2.16 bits per heavy atom. The molecule has 2 aromatic heterocycles. The standard InChI is InChI=1S/C31H28Br2N2O3/c1-30(2)12-20-28(24(38)15-30)35-21-13-31(3,4)14-23(37)26(21)25(19-11-18(33)9-10-22(19)36)29(35)27(34-20)16-5-7-17(32)8-6-16/h5-11,36H,12-15H2,1-4H3. The van der Waals surface area contributed by atoms with Crippen molar-refractivity contribution in [3.63, 3.8) is 0 Å². The van der Waals surface area contributed by atoms with Gasteiger partial charge >= 0.3 is 0 Å². The molecule has 2 aliphatic rings. The van der Waals surface area contributed by atoms with Crippen molar-refractivity contribution in [3.05, 3.63) is 74.1 Å². The van der Waals surface area contributed by atoms with E-state index in [4.69, 9.17) is 4.98 Å². The van der Waals surface area contributed by atoms with Crippen LogP contribution in [-0.2, 0) is 12.8 Å². The summed E-state index contributed by atoms with van der Waals surface area (Å²) in [6, 6.07) is 13.2. The molecule has 0 saturated heterocycles. The van der Waals surface area contributed by atoms with Crippen molar-refractivity contribution in [2.45, 2.75) is 53.4 Å². The second kappa shape index (κ2) is 8.62. The normalized spacial score (nSPS) is 17.9. The first-order valence-corrected chi connectivity index (χ1v) is 14.4. The minimum Gasteiger partial charge on any atom is -0.507 e. The molecule has 0 amide bonds. The number of hydrogen-bond acceptors (Lipinski definition) is 4. The summed E-state index contributed by atoms with van der Waals surface area (Å²) in [5.41, 5.74) is 5.76. The molecule has 5 nitrogen and oxygen atoms in total. The number of ketones is 2. The van der Waals surface area contributed by atoms with Gasteiger partial charge in [-0.3, -0.25) is 9.59 Å². The van der Waals surface area contributed by atoms with Crippen LogP contribution in [0.4, 0.5) is 0 Å². The number of benzene rings is 2. The van der Waals surface area contributed by atoms with E-state index in [1.54, 1.807) is 12.1 Å². The molecule has 6 rings (SSSR count). The van der Waals surface area contributed by atoms with E-state index in [1.165, 1.54) is 0 Å². The van der Waals surface area contributed by atoms with Gasteiger partial charge in [-0.1, -0.05) is 71.7 Å². The van der Waals surface area contributed by atoms with E-state index in [9.17, 15) is 14.7 Å². The SMILES string of the molecule is CC1(C)CC(=O)c2c(nc(-c3ccc(Br)cc3)c3c(-c4cc(Br)ccc4O)c4c(n23)CC(C)(C)CC4=O)C1. The maximum absolute atomic E-state index is 13.9. The lowest BCUT2D eigenvalue weighted by Gasteiger charge is -2.32. The number of aromatic nitrogens is 2. The Bertz CT molecular complexity index is 1680. The summed E-state index contributed by atoms with van der Waals surface area (Å²) in [5, 5.41) is 11.1. The van der Waals surface area contributed by atoms with Gasteiger partial charge in [0.2, 0.25) is 0 Å². The van der Waals surface area contributed by atoms with Crippen molar-refractivity contribution in [2.24, 2.45) is 10.8 Å². The molecule has 0 fully saturated rings. The summed E-state index contributed by atoms with van der Waals surface area (Å²) >= 11 is 7.08. The van der Waals surface area contributed by atoms with E-state index in [1.807, 2.05) is 34.7 Å². The highest BCUT2D eigenvalue weighted by molar-refractivity contribution is 9.10. The Morgan fingerprint density at radius 1 is 0.816 bits per heavy atom. The average molecular weight is 636 g/mol. The summed E-state index contributed by atoms with van der Waals surface area (Å²) < 4.78 is 3.76. The van der Waals surface area contributed by atoms with E-state index < -0.39 is 0 Å². The molecule has 194 valence electrons. The second-order valence-electron chi connectivity index (χ2n) is 12.2. The first-order valence-electron chi connectivity index (χ1n) is 12.8. The first-order chi connectivity index (χ1) is 17.8. The van der Waals surface area contributed by atoms with Crippen LogP contribution in [-0.4, -0.2) is 26.1 Å². The number of phenols is 1. The summed E-state index contributed by atoms with van der Waals surface area (Å²) in [4.78, 5) is 32.9. The molecule has 2 heterocycles. The van der Waals surface area contributed by atoms with Crippen LogP contribution in [0.2, 0.25) is 0 Å². The number of carbonyl (C=O) groups is 2. The third-order valence-electron chi connectivity index (χ3n) is 7.70. The van der Waals surface area contributed by atoms with Gasteiger partial charge in [0.1, 0.15) is 11.4 Å². The number of phenolic OH excluding ortho intramolecular Hbond substituents is 1. The van der Waals surface area contributed by atoms with Crippen molar-refractivity contribution in [2.75, 3.05) is 0 Å². The van der Waals surface area contributed by atoms with Gasteiger partial charge < -0.3 is 9.51 Å². The molecule has 2 aromatic carbocycles. The molecule has 0 unspecified atom stereocenters. The molecule has 2 aliphatic carbocycles. The second-order valence-corrected chi connectivity index (χ2v) is 14.0. The van der Waals surface area contributed by atoms with Crippen molar-refractivity contribution in [1.29, 1.82) is 0 Å². The van der Waals surface area contributed by atoms with E-state index >= 15 is 0 Å². The number of rotatable bonds is 2. The number of halogens is 2. The van der Waals surface area contributed by atoms with Gasteiger partial charge in [0.25, 0.3) is 0 Å². The van der Waals surface area contributed by atoms with Crippen molar-refractivity contribution < 1.29 is 14.7 Å². The molecule has 38 heavy (non-hydrogen) atoms. The van der Waals surface area contributed by atoms with E-state index in [0.717, 1.165) is 25.9 Å². The summed E-state index contributed by atoms with van der Waals surface area (Å²) in [7, 11) is 0. The van der Waals surface area contributed by atoms with Gasteiger partial charge in [0.15, 0.2) is 11.6 Å². The molecule has 0 radical (unpaired) electrons. The lowest BCUT2D eigenvalue weighted by atomic mass is 9.74. The fourth-order valence-electron chi connectivity index (χ4n) is 6.19. The van der Waals surface area contributed by atoms with Crippen LogP contribution in [0.1, 0.15) is 72.8 Å². The van der Waals surface area contributed by atoms with Gasteiger partial charge in [-0.25, -0.2) is 4.98 Å².